The van der Waals surface area contributed by atoms with Gasteiger partial charge in [-0.05, 0) is 25.0 Å². The third-order valence-corrected chi connectivity index (χ3v) is 3.84. The minimum Gasteiger partial charge on any atom is -0.375 e. The molecule has 0 spiro atoms. The van der Waals surface area contributed by atoms with Crippen LogP contribution in [-0.2, 0) is 4.79 Å². The zero-order valence-corrected chi connectivity index (χ0v) is 12.0. The maximum absolute atomic E-state index is 12.2. The molecule has 1 fully saturated rings. The molecule has 1 aliphatic heterocycles. The van der Waals surface area contributed by atoms with Crippen LogP contribution in [0.1, 0.15) is 32.1 Å². The van der Waals surface area contributed by atoms with Crippen LogP contribution in [0.4, 0.5) is 5.69 Å². The number of hydrogen-bond acceptors (Lipinski definition) is 2. The van der Waals surface area contributed by atoms with E-state index in [2.05, 4.69) is 5.32 Å². The minimum absolute atomic E-state index is 0.168. The van der Waals surface area contributed by atoms with E-state index >= 15 is 0 Å². The van der Waals surface area contributed by atoms with E-state index in [-0.39, 0.29) is 5.91 Å². The van der Waals surface area contributed by atoms with Gasteiger partial charge in [0.25, 0.3) is 0 Å². The van der Waals surface area contributed by atoms with Crippen molar-refractivity contribution in [1.82, 2.24) is 4.90 Å². The number of carbonyl (C=O) groups is 1. The second-order valence-electron chi connectivity index (χ2n) is 4.98. The van der Waals surface area contributed by atoms with Crippen LogP contribution < -0.4 is 5.32 Å². The van der Waals surface area contributed by atoms with Crippen LogP contribution in [0.2, 0.25) is 5.02 Å². The molecular weight excluding hydrogens is 260 g/mol. The second kappa shape index (κ2) is 7.39. The molecule has 1 heterocycles. The number of anilines is 1. The second-order valence-corrected chi connectivity index (χ2v) is 5.39. The lowest BCUT2D eigenvalue weighted by molar-refractivity contribution is -0.129. The van der Waals surface area contributed by atoms with E-state index in [9.17, 15) is 4.79 Å². The minimum atomic E-state index is 0.168. The van der Waals surface area contributed by atoms with Gasteiger partial charge in [-0.2, -0.15) is 0 Å². The van der Waals surface area contributed by atoms with Crippen LogP contribution in [-0.4, -0.2) is 30.4 Å². The Bertz CT molecular complexity index is 414. The highest BCUT2D eigenvalue weighted by Gasteiger charge is 2.14. The lowest BCUT2D eigenvalue weighted by Crippen LogP contribution is -2.37. The molecule has 0 aliphatic carbocycles. The van der Waals surface area contributed by atoms with Crippen molar-refractivity contribution in [3.8, 4) is 0 Å². The van der Waals surface area contributed by atoms with Crippen molar-refractivity contribution >= 4 is 23.2 Å². The first-order valence-electron chi connectivity index (χ1n) is 7.03. The summed E-state index contributed by atoms with van der Waals surface area (Å²) in [7, 11) is 0. The summed E-state index contributed by atoms with van der Waals surface area (Å²) < 4.78 is 0. The fourth-order valence-electron chi connectivity index (χ4n) is 2.38. The summed E-state index contributed by atoms with van der Waals surface area (Å²) in [5, 5.41) is 3.78. The maximum atomic E-state index is 12.2. The summed E-state index contributed by atoms with van der Waals surface area (Å²) >= 11 is 6.05. The summed E-state index contributed by atoms with van der Waals surface area (Å²) in [6.07, 6.45) is 6.03. The Kier molecular flexibility index (Phi) is 5.52. The van der Waals surface area contributed by atoms with Crippen LogP contribution in [0.3, 0.4) is 0 Å². The molecule has 19 heavy (non-hydrogen) atoms. The van der Waals surface area contributed by atoms with E-state index in [1.165, 1.54) is 19.3 Å². The van der Waals surface area contributed by atoms with Crippen molar-refractivity contribution in [1.29, 1.82) is 0 Å². The lowest BCUT2D eigenvalue weighted by Gasteiger charge is -2.25. The predicted octanol–water partition coefficient (Wildman–Crippen LogP) is 3.54. The van der Waals surface area contributed by atoms with Crippen molar-refractivity contribution < 1.29 is 4.79 Å². The number of rotatable bonds is 3. The molecule has 0 bridgehead atoms. The van der Waals surface area contributed by atoms with E-state index in [1.54, 1.807) is 0 Å². The van der Waals surface area contributed by atoms with Gasteiger partial charge < -0.3 is 10.2 Å². The van der Waals surface area contributed by atoms with E-state index in [1.807, 2.05) is 29.2 Å². The molecule has 0 aromatic heterocycles. The maximum Gasteiger partial charge on any atom is 0.241 e. The topological polar surface area (TPSA) is 32.3 Å². The Morgan fingerprint density at radius 1 is 1.11 bits per heavy atom. The molecule has 104 valence electrons. The number of para-hydroxylation sites is 1. The quantitative estimate of drug-likeness (QED) is 0.918. The first kappa shape index (κ1) is 14.2. The zero-order valence-electron chi connectivity index (χ0n) is 11.2. The first-order valence-corrected chi connectivity index (χ1v) is 7.41. The summed E-state index contributed by atoms with van der Waals surface area (Å²) in [6, 6.07) is 7.51. The Labute approximate surface area is 119 Å². The van der Waals surface area contributed by atoms with Crippen molar-refractivity contribution in [2.45, 2.75) is 32.1 Å². The third-order valence-electron chi connectivity index (χ3n) is 3.51. The molecule has 0 unspecified atom stereocenters. The Morgan fingerprint density at radius 2 is 1.74 bits per heavy atom. The molecule has 1 aromatic rings. The normalized spacial score (nSPS) is 16.6. The van der Waals surface area contributed by atoms with Gasteiger partial charge in [0, 0.05) is 13.1 Å². The monoisotopic (exact) mass is 280 g/mol. The van der Waals surface area contributed by atoms with Gasteiger partial charge in [-0.1, -0.05) is 43.0 Å². The largest absolute Gasteiger partial charge is 0.375 e. The molecule has 1 aliphatic rings. The number of carbonyl (C=O) groups excluding carboxylic acids is 1. The van der Waals surface area contributed by atoms with E-state index in [0.717, 1.165) is 31.6 Å². The molecule has 4 heteroatoms. The molecule has 3 nitrogen and oxygen atoms in total. The molecule has 0 atom stereocenters. The number of nitrogens with one attached hydrogen (secondary N) is 1. The SMILES string of the molecule is O=C(CNc1ccccc1Cl)N1CCCCCCC1. The van der Waals surface area contributed by atoms with Gasteiger partial charge >= 0.3 is 0 Å². The van der Waals surface area contributed by atoms with Crippen LogP contribution in [0, 0.1) is 0 Å². The highest BCUT2D eigenvalue weighted by atomic mass is 35.5. The molecular formula is C15H21ClN2O. The number of nitrogens with zero attached hydrogens (tertiary/aromatic N) is 1. The lowest BCUT2D eigenvalue weighted by atomic mass is 10.1. The zero-order chi connectivity index (χ0) is 13.5. The number of halogens is 1. The molecule has 1 N–H and O–H groups in total. The van der Waals surface area contributed by atoms with E-state index < -0.39 is 0 Å². The Morgan fingerprint density at radius 3 is 2.42 bits per heavy atom. The van der Waals surface area contributed by atoms with Crippen LogP contribution in [0.15, 0.2) is 24.3 Å². The molecule has 1 aromatic carbocycles. The van der Waals surface area contributed by atoms with Crippen molar-refractivity contribution in [2.24, 2.45) is 0 Å². The standard InChI is InChI=1S/C15H21ClN2O/c16-13-8-4-5-9-14(13)17-12-15(19)18-10-6-2-1-3-7-11-18/h4-5,8-9,17H,1-3,6-7,10-12H2. The summed E-state index contributed by atoms with van der Waals surface area (Å²) in [6.45, 7) is 2.11. The molecule has 1 saturated heterocycles. The van der Waals surface area contributed by atoms with Crippen molar-refractivity contribution in [3.05, 3.63) is 29.3 Å². The highest BCUT2D eigenvalue weighted by molar-refractivity contribution is 6.33. The van der Waals surface area contributed by atoms with Gasteiger partial charge in [0.15, 0.2) is 0 Å². The van der Waals surface area contributed by atoms with Crippen molar-refractivity contribution in [3.63, 3.8) is 0 Å². The van der Waals surface area contributed by atoms with Crippen LogP contribution in [0.25, 0.3) is 0 Å². The first-order chi connectivity index (χ1) is 9.27. The molecule has 0 radical (unpaired) electrons. The summed E-state index contributed by atoms with van der Waals surface area (Å²) in [5.74, 6) is 0.168. The average Bonchev–Trinajstić information content (AvgIpc) is 2.37. The highest BCUT2D eigenvalue weighted by Crippen LogP contribution is 2.20. The number of benzene rings is 1. The van der Waals surface area contributed by atoms with Gasteiger partial charge in [-0.15, -0.1) is 0 Å². The Hall–Kier alpha value is -1.22. The number of hydrogen-bond donors (Lipinski definition) is 1. The van der Waals surface area contributed by atoms with E-state index in [0.29, 0.717) is 11.6 Å². The fourth-order valence-corrected chi connectivity index (χ4v) is 2.59. The fraction of sp³-hybridized carbons (Fsp3) is 0.533. The third kappa shape index (κ3) is 4.43. The van der Waals surface area contributed by atoms with Gasteiger partial charge in [-0.25, -0.2) is 0 Å². The van der Waals surface area contributed by atoms with Gasteiger partial charge in [0.2, 0.25) is 5.91 Å². The number of amides is 1. The number of likely N-dealkylation sites (tertiary alicyclic amines) is 1. The average molecular weight is 281 g/mol. The van der Waals surface area contributed by atoms with Crippen LogP contribution >= 0.6 is 11.6 Å². The van der Waals surface area contributed by atoms with Gasteiger partial charge in [-0.3, -0.25) is 4.79 Å². The van der Waals surface area contributed by atoms with Gasteiger partial charge in [0.1, 0.15) is 0 Å². The molecule has 1 amide bonds. The predicted molar refractivity (Wildman–Crippen MR) is 79.6 cm³/mol. The summed E-state index contributed by atoms with van der Waals surface area (Å²) in [4.78, 5) is 14.1. The Balaban J connectivity index is 1.84. The van der Waals surface area contributed by atoms with Gasteiger partial charge in [0.05, 0.1) is 17.3 Å². The molecule has 2 rings (SSSR count). The summed E-state index contributed by atoms with van der Waals surface area (Å²) in [5.41, 5.74) is 0.824. The van der Waals surface area contributed by atoms with E-state index in [4.69, 9.17) is 11.6 Å². The molecule has 0 saturated carbocycles. The van der Waals surface area contributed by atoms with Crippen LogP contribution in [0.5, 0.6) is 0 Å². The smallest absolute Gasteiger partial charge is 0.241 e. The van der Waals surface area contributed by atoms with Crippen molar-refractivity contribution in [2.75, 3.05) is 25.0 Å².